The first-order valence-electron chi connectivity index (χ1n) is 9.41. The van der Waals surface area contributed by atoms with Gasteiger partial charge in [0, 0.05) is 18.5 Å². The van der Waals surface area contributed by atoms with Gasteiger partial charge in [0.1, 0.15) is 15.9 Å². The number of nitrogens with one attached hydrogen (secondary N) is 2. The second-order valence-electron chi connectivity index (χ2n) is 7.39. The highest BCUT2D eigenvalue weighted by Crippen LogP contribution is 2.58. The smallest absolute Gasteiger partial charge is 0.319 e. The topological polar surface area (TPSA) is 142 Å². The zero-order valence-corrected chi connectivity index (χ0v) is 18.0. The maximum Gasteiger partial charge on any atom is 0.319 e. The fourth-order valence-electron chi connectivity index (χ4n) is 3.68. The lowest BCUT2D eigenvalue weighted by Crippen LogP contribution is -2.52. The van der Waals surface area contributed by atoms with Crippen LogP contribution in [-0.2, 0) is 19.2 Å². The molecule has 1 heterocycles. The molecule has 0 spiro atoms. The first-order chi connectivity index (χ1) is 14.0. The van der Waals surface area contributed by atoms with Crippen molar-refractivity contribution in [3.05, 3.63) is 24.3 Å². The molecule has 1 fully saturated rings. The molecule has 0 aromatic heterocycles. The van der Waals surface area contributed by atoms with Crippen molar-refractivity contribution in [2.45, 2.75) is 44.2 Å². The number of carbonyl (C=O) groups excluding carboxylic acids is 2. The Morgan fingerprint density at radius 2 is 1.73 bits per heavy atom. The summed E-state index contributed by atoms with van der Waals surface area (Å²) in [5.74, 6) is -3.36. The van der Waals surface area contributed by atoms with Crippen LogP contribution in [0.3, 0.4) is 0 Å². The molecule has 9 nitrogen and oxygen atoms in total. The molecule has 4 atom stereocenters. The maximum atomic E-state index is 12.5. The van der Waals surface area contributed by atoms with E-state index in [0.717, 1.165) is 11.8 Å². The number of thioether (sulfide) groups is 1. The molecule has 10 heteroatoms. The van der Waals surface area contributed by atoms with E-state index in [1.165, 1.54) is 13.8 Å². The van der Waals surface area contributed by atoms with Crippen LogP contribution in [0.1, 0.15) is 34.1 Å². The van der Waals surface area contributed by atoms with E-state index in [9.17, 15) is 29.4 Å². The highest BCUT2D eigenvalue weighted by atomic mass is 32.2. The minimum Gasteiger partial charge on any atom is -0.484 e. The van der Waals surface area contributed by atoms with Crippen molar-refractivity contribution in [1.82, 2.24) is 5.32 Å². The van der Waals surface area contributed by atoms with Gasteiger partial charge in [0.15, 0.2) is 6.61 Å². The highest BCUT2D eigenvalue weighted by Gasteiger charge is 2.65. The van der Waals surface area contributed by atoms with Crippen LogP contribution in [-0.4, -0.2) is 50.7 Å². The maximum absolute atomic E-state index is 12.5. The lowest BCUT2D eigenvalue weighted by atomic mass is 9.68. The first kappa shape index (κ1) is 23.5. The Bertz CT molecular complexity index is 844. The van der Waals surface area contributed by atoms with E-state index < -0.39 is 39.3 Å². The van der Waals surface area contributed by atoms with Gasteiger partial charge >= 0.3 is 11.9 Å². The Kier molecular flexibility index (Phi) is 7.02. The van der Waals surface area contributed by atoms with Crippen LogP contribution in [0.2, 0.25) is 0 Å². The number of hydrogen-bond acceptors (Lipinski definition) is 6. The Morgan fingerprint density at radius 3 is 2.20 bits per heavy atom. The van der Waals surface area contributed by atoms with E-state index in [0.29, 0.717) is 11.4 Å². The number of carboxylic acids is 2. The molecule has 0 bridgehead atoms. The summed E-state index contributed by atoms with van der Waals surface area (Å²) < 4.78 is 4.07. The summed E-state index contributed by atoms with van der Waals surface area (Å²) in [4.78, 5) is 47.4. The Balaban J connectivity index is 2.09. The van der Waals surface area contributed by atoms with Crippen molar-refractivity contribution in [2.24, 2.45) is 11.3 Å². The second-order valence-corrected chi connectivity index (χ2v) is 8.95. The number of amides is 2. The molecular formula is C20H26N2O7S. The number of anilines is 1. The molecule has 2 amide bonds. The van der Waals surface area contributed by atoms with Crippen LogP contribution < -0.4 is 15.4 Å². The summed E-state index contributed by atoms with van der Waals surface area (Å²) in [7, 11) is 0. The molecule has 0 saturated carbocycles. The standard InChI is InChI=1S/C20H26N2O7S/c1-5-20(18(27)28)11(2)19(4,17(25)26)30-16(20)22-15(24)10-29-14-8-6-13(7-9-14)21-12(3)23/h6-9,11,16H,5,10H2,1-4H3,(H,21,23)(H,22,24)(H,25,26)(H,27,28). The molecule has 1 aromatic rings. The number of aliphatic carboxylic acids is 2. The van der Waals surface area contributed by atoms with Crippen LogP contribution in [0.25, 0.3) is 0 Å². The van der Waals surface area contributed by atoms with E-state index in [2.05, 4.69) is 10.6 Å². The van der Waals surface area contributed by atoms with E-state index in [1.807, 2.05) is 0 Å². The molecule has 0 aliphatic carbocycles. The van der Waals surface area contributed by atoms with Crippen molar-refractivity contribution in [3.8, 4) is 5.75 Å². The summed E-state index contributed by atoms with van der Waals surface area (Å²) in [6.07, 6.45) is 0.162. The number of benzene rings is 1. The lowest BCUT2D eigenvalue weighted by molar-refractivity contribution is -0.155. The molecule has 0 radical (unpaired) electrons. The molecule has 4 unspecified atom stereocenters. The molecule has 164 valence electrons. The third-order valence-corrected chi connectivity index (χ3v) is 7.47. The fourth-order valence-corrected chi connectivity index (χ4v) is 5.56. The molecule has 1 aromatic carbocycles. The molecule has 1 aliphatic rings. The van der Waals surface area contributed by atoms with Crippen molar-refractivity contribution in [2.75, 3.05) is 11.9 Å². The summed E-state index contributed by atoms with van der Waals surface area (Å²) in [6.45, 7) is 5.77. The summed E-state index contributed by atoms with van der Waals surface area (Å²) >= 11 is 0.939. The third kappa shape index (κ3) is 4.38. The van der Waals surface area contributed by atoms with Crippen molar-refractivity contribution in [1.29, 1.82) is 0 Å². The number of carboxylic acid groups (broad SMARTS) is 2. The Morgan fingerprint density at radius 1 is 1.13 bits per heavy atom. The summed E-state index contributed by atoms with van der Waals surface area (Å²) in [6, 6.07) is 6.40. The van der Waals surface area contributed by atoms with E-state index in [-0.39, 0.29) is 18.9 Å². The molecule has 2 rings (SSSR count). The van der Waals surface area contributed by atoms with E-state index in [4.69, 9.17) is 4.74 Å². The van der Waals surface area contributed by atoms with Gasteiger partial charge in [-0.1, -0.05) is 13.8 Å². The van der Waals surface area contributed by atoms with Gasteiger partial charge in [-0.15, -0.1) is 11.8 Å². The Labute approximate surface area is 178 Å². The SMILES string of the molecule is CCC1(C(=O)O)C(NC(=O)COc2ccc(NC(C)=O)cc2)SC(C)(C(=O)O)C1C. The number of hydrogen-bond donors (Lipinski definition) is 4. The number of ether oxygens (including phenoxy) is 1. The van der Waals surface area contributed by atoms with Gasteiger partial charge in [-0.25, -0.2) is 0 Å². The average Bonchev–Trinajstić information content (AvgIpc) is 2.89. The van der Waals surface area contributed by atoms with Crippen LogP contribution in [0, 0.1) is 11.3 Å². The van der Waals surface area contributed by atoms with Gasteiger partial charge in [-0.2, -0.15) is 0 Å². The van der Waals surface area contributed by atoms with Gasteiger partial charge < -0.3 is 25.6 Å². The third-order valence-electron chi connectivity index (χ3n) is 5.67. The van der Waals surface area contributed by atoms with Gasteiger partial charge in [0.2, 0.25) is 5.91 Å². The minimum absolute atomic E-state index is 0.162. The van der Waals surface area contributed by atoms with Crippen molar-refractivity contribution in [3.63, 3.8) is 0 Å². The summed E-state index contributed by atoms with van der Waals surface area (Å²) in [5.41, 5.74) is -0.842. The van der Waals surface area contributed by atoms with Gasteiger partial charge in [0.05, 0.1) is 5.37 Å². The van der Waals surface area contributed by atoms with Gasteiger partial charge in [-0.3, -0.25) is 19.2 Å². The van der Waals surface area contributed by atoms with Crippen molar-refractivity contribution < 1.29 is 34.1 Å². The van der Waals surface area contributed by atoms with E-state index in [1.54, 1.807) is 38.1 Å². The summed E-state index contributed by atoms with van der Waals surface area (Å²) in [5, 5.41) is 23.9. The van der Waals surface area contributed by atoms with Gasteiger partial charge in [0.25, 0.3) is 5.91 Å². The second kappa shape index (κ2) is 8.95. The predicted octanol–water partition coefficient (Wildman–Crippen LogP) is 2.17. The van der Waals surface area contributed by atoms with Gasteiger partial charge in [-0.05, 0) is 37.6 Å². The van der Waals surface area contributed by atoms with Crippen LogP contribution >= 0.6 is 11.8 Å². The average molecular weight is 439 g/mol. The Hall–Kier alpha value is -2.75. The van der Waals surface area contributed by atoms with Crippen molar-refractivity contribution >= 4 is 41.2 Å². The lowest BCUT2D eigenvalue weighted by Gasteiger charge is -2.34. The minimum atomic E-state index is -1.42. The monoisotopic (exact) mass is 438 g/mol. The number of rotatable bonds is 8. The first-order valence-corrected chi connectivity index (χ1v) is 10.3. The number of carbonyl (C=O) groups is 4. The fraction of sp³-hybridized carbons (Fsp3) is 0.500. The molecule has 1 saturated heterocycles. The predicted molar refractivity (Wildman–Crippen MR) is 111 cm³/mol. The van der Waals surface area contributed by atoms with Crippen LogP contribution in [0.15, 0.2) is 24.3 Å². The van der Waals surface area contributed by atoms with Crippen LogP contribution in [0.5, 0.6) is 5.75 Å². The molecule has 1 aliphatic heterocycles. The van der Waals surface area contributed by atoms with Crippen LogP contribution in [0.4, 0.5) is 5.69 Å². The highest BCUT2D eigenvalue weighted by molar-refractivity contribution is 8.02. The molecule has 4 N–H and O–H groups in total. The largest absolute Gasteiger partial charge is 0.484 e. The molecule has 30 heavy (non-hydrogen) atoms. The normalized spacial score (nSPS) is 27.9. The quantitative estimate of drug-likeness (QED) is 0.484. The molecular weight excluding hydrogens is 412 g/mol. The van der Waals surface area contributed by atoms with E-state index >= 15 is 0 Å². The zero-order valence-electron chi connectivity index (χ0n) is 17.2. The zero-order chi connectivity index (χ0) is 22.7.